The molecule has 0 fully saturated rings. The van der Waals surface area contributed by atoms with Crippen LogP contribution in [0.15, 0.2) is 5.11 Å². The first-order chi connectivity index (χ1) is 8.35. The fraction of sp³-hybridized carbons (Fsp3) is 0.889. The molecule has 0 aromatic carbocycles. The molecule has 0 radical (unpaired) electrons. The third-order valence-electron chi connectivity index (χ3n) is 2.12. The van der Waals surface area contributed by atoms with Gasteiger partial charge in [-0.2, -0.15) is 0 Å². The molecule has 0 aromatic rings. The second-order valence-corrected chi connectivity index (χ2v) is 6.14. The molecule has 8 nitrogen and oxygen atoms in total. The van der Waals surface area contributed by atoms with Gasteiger partial charge in [-0.25, -0.2) is 13.2 Å². The van der Waals surface area contributed by atoms with Gasteiger partial charge in [-0.15, -0.1) is 0 Å². The second-order valence-electron chi connectivity index (χ2n) is 3.96. The Balaban J connectivity index is 4.01. The Morgan fingerprint density at radius 3 is 2.61 bits per heavy atom. The zero-order valence-corrected chi connectivity index (χ0v) is 11.1. The van der Waals surface area contributed by atoms with Crippen molar-refractivity contribution in [2.45, 2.75) is 31.8 Å². The minimum atomic E-state index is -3.22. The quantitative estimate of drug-likeness (QED) is 0.295. The molecule has 0 saturated carbocycles. The molecule has 2 N–H and O–H groups in total. The Hall–Kier alpha value is -1.47. The van der Waals surface area contributed by atoms with Crippen molar-refractivity contribution < 1.29 is 17.9 Å². The van der Waals surface area contributed by atoms with E-state index in [1.165, 1.54) is 0 Å². The number of rotatable bonds is 9. The summed E-state index contributed by atoms with van der Waals surface area (Å²) in [6.07, 6.45) is 1.97. The van der Waals surface area contributed by atoms with Gasteiger partial charge in [0, 0.05) is 17.7 Å². The summed E-state index contributed by atoms with van der Waals surface area (Å²) >= 11 is 0. The van der Waals surface area contributed by atoms with Gasteiger partial charge in [0.1, 0.15) is 6.10 Å². The zero-order chi connectivity index (χ0) is 14.0. The van der Waals surface area contributed by atoms with Crippen LogP contribution in [0.4, 0.5) is 4.79 Å². The van der Waals surface area contributed by atoms with Gasteiger partial charge in [-0.05, 0) is 24.8 Å². The number of hydrogen-bond acceptors (Lipinski definition) is 5. The number of azide groups is 1. The average Bonchev–Trinajstić information content (AvgIpc) is 2.19. The van der Waals surface area contributed by atoms with Gasteiger partial charge >= 0.3 is 6.09 Å². The fourth-order valence-corrected chi connectivity index (χ4v) is 2.36. The van der Waals surface area contributed by atoms with E-state index in [1.54, 1.807) is 0 Å². The van der Waals surface area contributed by atoms with Crippen molar-refractivity contribution >= 4 is 15.9 Å². The van der Waals surface area contributed by atoms with Gasteiger partial charge in [-0.3, -0.25) is 0 Å². The molecule has 0 aromatic heterocycles. The summed E-state index contributed by atoms with van der Waals surface area (Å²) < 4.78 is 27.0. The molecular weight excluding hydrogens is 260 g/mol. The van der Waals surface area contributed by atoms with E-state index in [9.17, 15) is 13.2 Å². The van der Waals surface area contributed by atoms with Crippen molar-refractivity contribution in [3.8, 4) is 0 Å². The van der Waals surface area contributed by atoms with Crippen LogP contribution in [0.2, 0.25) is 0 Å². The van der Waals surface area contributed by atoms with Crippen LogP contribution in [-0.2, 0) is 14.6 Å². The Labute approximate surface area is 106 Å². The highest BCUT2D eigenvalue weighted by molar-refractivity contribution is 7.90. The van der Waals surface area contributed by atoms with Crippen molar-refractivity contribution in [3.05, 3.63) is 10.4 Å². The van der Waals surface area contributed by atoms with Crippen LogP contribution >= 0.6 is 0 Å². The average molecular weight is 278 g/mol. The van der Waals surface area contributed by atoms with Crippen LogP contribution in [0, 0.1) is 0 Å². The Morgan fingerprint density at radius 2 is 2.11 bits per heavy atom. The van der Waals surface area contributed by atoms with Crippen molar-refractivity contribution in [2.24, 2.45) is 10.8 Å². The number of carbonyl (C=O) groups excluding carboxylic acids is 1. The summed E-state index contributed by atoms with van der Waals surface area (Å²) in [4.78, 5) is 13.2. The van der Waals surface area contributed by atoms with Gasteiger partial charge in [0.25, 0.3) is 0 Å². The predicted molar refractivity (Wildman–Crippen MR) is 66.6 cm³/mol. The first kappa shape index (κ1) is 16.5. The van der Waals surface area contributed by atoms with E-state index in [-0.39, 0.29) is 5.75 Å². The van der Waals surface area contributed by atoms with Crippen molar-refractivity contribution in [3.63, 3.8) is 0 Å². The highest BCUT2D eigenvalue weighted by Gasteiger charge is 2.18. The number of nitrogens with zero attached hydrogens (tertiary/aromatic N) is 3. The molecule has 0 aliphatic rings. The van der Waals surface area contributed by atoms with Gasteiger partial charge in [0.15, 0.2) is 9.84 Å². The van der Waals surface area contributed by atoms with Crippen LogP contribution in [-0.4, -0.2) is 39.2 Å². The van der Waals surface area contributed by atoms with Crippen LogP contribution in [0.3, 0.4) is 0 Å². The van der Waals surface area contributed by atoms with E-state index in [0.717, 1.165) is 12.7 Å². The number of carbonyl (C=O) groups is 1. The molecule has 0 rings (SSSR count). The summed E-state index contributed by atoms with van der Waals surface area (Å²) in [5.74, 6) is -0.230. The Bertz CT molecular complexity index is 403. The number of ether oxygens (including phenoxy) is 1. The third-order valence-corrected chi connectivity index (χ3v) is 3.10. The fourth-order valence-electron chi connectivity index (χ4n) is 1.45. The van der Waals surface area contributed by atoms with Crippen LogP contribution in [0.25, 0.3) is 10.4 Å². The number of hydrogen-bond donors (Lipinski definition) is 1. The lowest BCUT2D eigenvalue weighted by atomic mass is 10.1. The minimum Gasteiger partial charge on any atom is -0.445 e. The Morgan fingerprint density at radius 1 is 1.44 bits per heavy atom. The van der Waals surface area contributed by atoms with E-state index >= 15 is 0 Å². The molecule has 1 atom stereocenters. The lowest BCUT2D eigenvalue weighted by Gasteiger charge is -2.15. The number of nitrogens with two attached hydrogens (primary N) is 1. The third kappa shape index (κ3) is 11.0. The number of sulfone groups is 1. The van der Waals surface area contributed by atoms with Crippen LogP contribution < -0.4 is 5.73 Å². The summed E-state index contributed by atoms with van der Waals surface area (Å²) in [6.45, 7) is 0.407. The number of primary amides is 1. The highest BCUT2D eigenvalue weighted by atomic mass is 32.2. The number of amides is 1. The maximum atomic E-state index is 11.1. The first-order valence-electron chi connectivity index (χ1n) is 5.50. The molecule has 104 valence electrons. The molecule has 1 amide bonds. The van der Waals surface area contributed by atoms with E-state index < -0.39 is 22.0 Å². The van der Waals surface area contributed by atoms with Crippen molar-refractivity contribution in [2.75, 3.05) is 18.6 Å². The highest BCUT2D eigenvalue weighted by Crippen LogP contribution is 2.09. The summed E-state index contributed by atoms with van der Waals surface area (Å²) in [5.41, 5.74) is 12.9. The molecule has 0 spiro atoms. The maximum absolute atomic E-state index is 11.1. The molecule has 1 unspecified atom stereocenters. The lowest BCUT2D eigenvalue weighted by molar-refractivity contribution is 0.111. The topological polar surface area (TPSA) is 135 Å². The number of unbranched alkanes of at least 4 members (excludes halogenated alkanes) is 2. The normalized spacial score (nSPS) is 12.5. The van der Waals surface area contributed by atoms with Crippen LogP contribution in [0.1, 0.15) is 25.7 Å². The second kappa shape index (κ2) is 8.60. The van der Waals surface area contributed by atoms with E-state index in [1.807, 2.05) is 0 Å². The summed E-state index contributed by atoms with van der Waals surface area (Å²) in [5, 5.41) is 3.38. The molecule has 0 heterocycles. The van der Waals surface area contributed by atoms with E-state index in [2.05, 4.69) is 10.0 Å². The molecular formula is C9H18N4O4S. The molecule has 0 aliphatic heterocycles. The van der Waals surface area contributed by atoms with Gasteiger partial charge in [0.05, 0.1) is 5.75 Å². The summed E-state index contributed by atoms with van der Waals surface area (Å²) in [7, 11) is -3.22. The lowest BCUT2D eigenvalue weighted by Crippen LogP contribution is -2.29. The maximum Gasteiger partial charge on any atom is 0.404 e. The molecule has 9 heteroatoms. The zero-order valence-electron chi connectivity index (χ0n) is 10.3. The minimum absolute atomic E-state index is 0.230. The largest absolute Gasteiger partial charge is 0.445 e. The van der Waals surface area contributed by atoms with Crippen LogP contribution in [0.5, 0.6) is 0 Å². The molecule has 0 bridgehead atoms. The summed E-state index contributed by atoms with van der Waals surface area (Å²) in [6, 6.07) is 0. The van der Waals surface area contributed by atoms with Gasteiger partial charge in [0.2, 0.25) is 0 Å². The SMILES string of the molecule is CS(=O)(=O)CC(CCCCCN=[N+]=[N-])OC(N)=O. The molecule has 18 heavy (non-hydrogen) atoms. The molecule has 0 saturated heterocycles. The predicted octanol–water partition coefficient (Wildman–Crippen LogP) is 1.37. The van der Waals surface area contributed by atoms with Crippen molar-refractivity contribution in [1.29, 1.82) is 0 Å². The molecule has 0 aliphatic carbocycles. The first-order valence-corrected chi connectivity index (χ1v) is 7.56. The standard InChI is InChI=1S/C9H18N4O4S/c1-18(15,16)7-8(17-9(10)14)5-3-2-4-6-12-13-11/h8H,2-7H2,1H3,(H2,10,14). The van der Waals surface area contributed by atoms with Gasteiger partial charge in [-0.1, -0.05) is 11.5 Å². The van der Waals surface area contributed by atoms with Gasteiger partial charge < -0.3 is 10.5 Å². The smallest absolute Gasteiger partial charge is 0.404 e. The van der Waals surface area contributed by atoms with E-state index in [4.69, 9.17) is 16.0 Å². The van der Waals surface area contributed by atoms with E-state index in [0.29, 0.717) is 25.8 Å². The Kier molecular flexibility index (Phi) is 7.89. The monoisotopic (exact) mass is 278 g/mol. The van der Waals surface area contributed by atoms with Crippen molar-refractivity contribution in [1.82, 2.24) is 0 Å².